The van der Waals surface area contributed by atoms with Crippen LogP contribution in [0.25, 0.3) is 0 Å². The monoisotopic (exact) mass is 276 g/mol. The van der Waals surface area contributed by atoms with Crippen LogP contribution in [0.5, 0.6) is 0 Å². The van der Waals surface area contributed by atoms with Gasteiger partial charge in [0.2, 0.25) is 0 Å². The van der Waals surface area contributed by atoms with Crippen molar-refractivity contribution in [1.82, 2.24) is 9.55 Å². The van der Waals surface area contributed by atoms with Gasteiger partial charge in [0.05, 0.1) is 12.3 Å². The van der Waals surface area contributed by atoms with Gasteiger partial charge in [-0.2, -0.15) is 0 Å². The molecule has 0 atom stereocenters. The standard InChI is InChI=1S/C14H16N2O2S/c1-10-5-3-4-6-12(10)8-16-11(2)7-15-14(16)19-9-13(17)18/h3-7H,8-9H2,1-2H3,(H,17,18). The first-order valence-electron chi connectivity index (χ1n) is 5.99. The smallest absolute Gasteiger partial charge is 0.313 e. The third-order valence-electron chi connectivity index (χ3n) is 2.93. The van der Waals surface area contributed by atoms with Crippen LogP contribution in [0, 0.1) is 13.8 Å². The molecule has 0 radical (unpaired) electrons. The number of thioether (sulfide) groups is 1. The van der Waals surface area contributed by atoms with Gasteiger partial charge in [0, 0.05) is 11.9 Å². The number of carboxylic acids is 1. The highest BCUT2D eigenvalue weighted by atomic mass is 32.2. The Morgan fingerprint density at radius 3 is 2.79 bits per heavy atom. The molecule has 1 aromatic carbocycles. The zero-order valence-electron chi connectivity index (χ0n) is 11.0. The van der Waals surface area contributed by atoms with Crippen LogP contribution in [0.4, 0.5) is 0 Å². The van der Waals surface area contributed by atoms with E-state index in [1.807, 2.05) is 19.1 Å². The Labute approximate surface area is 116 Å². The lowest BCUT2D eigenvalue weighted by Crippen LogP contribution is -2.06. The number of aromatic nitrogens is 2. The second kappa shape index (κ2) is 5.93. The third-order valence-corrected chi connectivity index (χ3v) is 3.91. The minimum Gasteiger partial charge on any atom is -0.481 e. The maximum absolute atomic E-state index is 10.6. The molecule has 1 N–H and O–H groups in total. The number of carbonyl (C=O) groups is 1. The number of aryl methyl sites for hydroxylation is 2. The molecule has 0 spiro atoms. The second-order valence-electron chi connectivity index (χ2n) is 4.38. The van der Waals surface area contributed by atoms with E-state index in [1.165, 1.54) is 22.9 Å². The number of nitrogens with zero attached hydrogens (tertiary/aromatic N) is 2. The summed E-state index contributed by atoms with van der Waals surface area (Å²) < 4.78 is 2.05. The molecule has 0 amide bonds. The largest absolute Gasteiger partial charge is 0.481 e. The summed E-state index contributed by atoms with van der Waals surface area (Å²) in [5, 5.41) is 9.50. The first kappa shape index (κ1) is 13.7. The van der Waals surface area contributed by atoms with Crippen molar-refractivity contribution in [3.8, 4) is 0 Å². The lowest BCUT2D eigenvalue weighted by atomic mass is 10.1. The second-order valence-corrected chi connectivity index (χ2v) is 5.32. The molecule has 0 bridgehead atoms. The van der Waals surface area contributed by atoms with Crippen molar-refractivity contribution in [3.63, 3.8) is 0 Å². The number of benzene rings is 1. The first-order valence-corrected chi connectivity index (χ1v) is 6.97. The average Bonchev–Trinajstić information content (AvgIpc) is 2.71. The highest BCUT2D eigenvalue weighted by molar-refractivity contribution is 7.99. The molecule has 0 fully saturated rings. The quantitative estimate of drug-likeness (QED) is 0.853. The van der Waals surface area contributed by atoms with E-state index in [9.17, 15) is 4.79 Å². The summed E-state index contributed by atoms with van der Waals surface area (Å²) in [6, 6.07) is 8.18. The van der Waals surface area contributed by atoms with Gasteiger partial charge < -0.3 is 9.67 Å². The lowest BCUT2D eigenvalue weighted by molar-refractivity contribution is -0.133. The maximum atomic E-state index is 10.6. The third kappa shape index (κ3) is 3.38. The minimum atomic E-state index is -0.826. The van der Waals surface area contributed by atoms with Gasteiger partial charge >= 0.3 is 5.97 Å². The van der Waals surface area contributed by atoms with E-state index in [4.69, 9.17) is 5.11 Å². The summed E-state index contributed by atoms with van der Waals surface area (Å²) in [4.78, 5) is 14.9. The normalized spacial score (nSPS) is 10.6. The van der Waals surface area contributed by atoms with Crippen LogP contribution in [-0.2, 0) is 11.3 Å². The fourth-order valence-electron chi connectivity index (χ4n) is 1.83. The van der Waals surface area contributed by atoms with Crippen molar-refractivity contribution >= 4 is 17.7 Å². The molecule has 0 unspecified atom stereocenters. The van der Waals surface area contributed by atoms with Gasteiger partial charge in [-0.3, -0.25) is 4.79 Å². The Hall–Kier alpha value is -1.75. The van der Waals surface area contributed by atoms with Crippen LogP contribution in [-0.4, -0.2) is 26.4 Å². The zero-order valence-corrected chi connectivity index (χ0v) is 11.8. The van der Waals surface area contributed by atoms with E-state index >= 15 is 0 Å². The number of carboxylic acid groups (broad SMARTS) is 1. The molecule has 19 heavy (non-hydrogen) atoms. The molecule has 4 nitrogen and oxygen atoms in total. The van der Waals surface area contributed by atoms with Crippen LogP contribution in [0.15, 0.2) is 35.6 Å². The molecule has 1 aromatic heterocycles. The van der Waals surface area contributed by atoms with Crippen molar-refractivity contribution in [2.24, 2.45) is 0 Å². The Morgan fingerprint density at radius 2 is 2.11 bits per heavy atom. The van der Waals surface area contributed by atoms with Gasteiger partial charge in [-0.1, -0.05) is 36.0 Å². The molecule has 1 heterocycles. The van der Waals surface area contributed by atoms with Gasteiger partial charge in [0.15, 0.2) is 5.16 Å². The molecule has 0 saturated heterocycles. The summed E-state index contributed by atoms with van der Waals surface area (Å²) in [7, 11) is 0. The molecule has 5 heteroatoms. The summed E-state index contributed by atoms with van der Waals surface area (Å²) >= 11 is 1.25. The molecule has 0 aliphatic carbocycles. The molecular weight excluding hydrogens is 260 g/mol. The zero-order chi connectivity index (χ0) is 13.8. The van der Waals surface area contributed by atoms with E-state index in [0.29, 0.717) is 0 Å². The summed E-state index contributed by atoms with van der Waals surface area (Å²) in [6.07, 6.45) is 1.78. The van der Waals surface area contributed by atoms with Crippen LogP contribution in [0.2, 0.25) is 0 Å². The number of imidazole rings is 1. The molecule has 0 aliphatic heterocycles. The van der Waals surface area contributed by atoms with E-state index in [1.54, 1.807) is 6.20 Å². The number of hydrogen-bond donors (Lipinski definition) is 1. The van der Waals surface area contributed by atoms with Gasteiger partial charge in [-0.15, -0.1) is 0 Å². The highest BCUT2D eigenvalue weighted by Crippen LogP contribution is 2.20. The predicted octanol–water partition coefficient (Wildman–Crippen LogP) is 2.72. The van der Waals surface area contributed by atoms with E-state index in [-0.39, 0.29) is 5.75 Å². The Bertz CT molecular complexity index is 593. The molecule has 0 aliphatic rings. The number of rotatable bonds is 5. The van der Waals surface area contributed by atoms with Crippen LogP contribution < -0.4 is 0 Å². The van der Waals surface area contributed by atoms with Crippen LogP contribution >= 0.6 is 11.8 Å². The van der Waals surface area contributed by atoms with Crippen molar-refractivity contribution in [2.45, 2.75) is 25.5 Å². The van der Waals surface area contributed by atoms with E-state index in [2.05, 4.69) is 28.6 Å². The fourth-order valence-corrected chi connectivity index (χ4v) is 2.57. The van der Waals surface area contributed by atoms with Crippen molar-refractivity contribution < 1.29 is 9.90 Å². The summed E-state index contributed by atoms with van der Waals surface area (Å²) in [5.74, 6) is -0.794. The van der Waals surface area contributed by atoms with Crippen LogP contribution in [0.3, 0.4) is 0 Å². The maximum Gasteiger partial charge on any atom is 0.313 e. The van der Waals surface area contributed by atoms with Gasteiger partial charge in [-0.25, -0.2) is 4.98 Å². The molecule has 100 valence electrons. The number of aliphatic carboxylic acids is 1. The first-order chi connectivity index (χ1) is 9.08. The van der Waals surface area contributed by atoms with Crippen molar-refractivity contribution in [1.29, 1.82) is 0 Å². The SMILES string of the molecule is Cc1ccccc1Cn1c(C)cnc1SCC(=O)O. The molecule has 2 aromatic rings. The highest BCUT2D eigenvalue weighted by Gasteiger charge is 2.10. The average molecular weight is 276 g/mol. The molecule has 0 saturated carbocycles. The molecular formula is C14H16N2O2S. The fraction of sp³-hybridized carbons (Fsp3) is 0.286. The Balaban J connectivity index is 2.22. The van der Waals surface area contributed by atoms with Gasteiger partial charge in [0.1, 0.15) is 0 Å². The predicted molar refractivity (Wildman–Crippen MR) is 75.6 cm³/mol. The lowest BCUT2D eigenvalue weighted by Gasteiger charge is -2.11. The van der Waals surface area contributed by atoms with E-state index in [0.717, 1.165) is 17.4 Å². The van der Waals surface area contributed by atoms with Gasteiger partial charge in [-0.05, 0) is 25.0 Å². The van der Waals surface area contributed by atoms with Crippen molar-refractivity contribution in [2.75, 3.05) is 5.75 Å². The Morgan fingerprint density at radius 1 is 1.37 bits per heavy atom. The number of hydrogen-bond acceptors (Lipinski definition) is 3. The molecule has 2 rings (SSSR count). The topological polar surface area (TPSA) is 55.1 Å². The minimum absolute atomic E-state index is 0.0320. The Kier molecular flexibility index (Phi) is 4.27. The van der Waals surface area contributed by atoms with Crippen molar-refractivity contribution in [3.05, 3.63) is 47.3 Å². The van der Waals surface area contributed by atoms with Gasteiger partial charge in [0.25, 0.3) is 0 Å². The summed E-state index contributed by atoms with van der Waals surface area (Å²) in [6.45, 7) is 4.78. The summed E-state index contributed by atoms with van der Waals surface area (Å²) in [5.41, 5.74) is 3.49. The van der Waals surface area contributed by atoms with Crippen LogP contribution in [0.1, 0.15) is 16.8 Å². The van der Waals surface area contributed by atoms with E-state index < -0.39 is 5.97 Å².